The van der Waals surface area contributed by atoms with Crippen molar-refractivity contribution in [1.29, 1.82) is 5.26 Å². The molecule has 1 aliphatic carbocycles. The second-order valence-corrected chi connectivity index (χ2v) is 11.3. The summed E-state index contributed by atoms with van der Waals surface area (Å²) in [5.41, 5.74) is 4.47. The van der Waals surface area contributed by atoms with E-state index in [-0.39, 0.29) is 24.8 Å². The number of aromatic nitrogens is 2. The first-order valence-electron chi connectivity index (χ1n) is 15.0. The van der Waals surface area contributed by atoms with Crippen LogP contribution >= 0.6 is 0 Å². The Hall–Kier alpha value is -4.75. The van der Waals surface area contributed by atoms with Crippen LogP contribution < -0.4 is 9.64 Å². The van der Waals surface area contributed by atoms with Gasteiger partial charge in [-0.2, -0.15) is 15.2 Å². The predicted molar refractivity (Wildman–Crippen MR) is 170 cm³/mol. The minimum Gasteiger partial charge on any atom is -0.483 e. The summed E-state index contributed by atoms with van der Waals surface area (Å²) >= 11 is 0. The smallest absolute Gasteiger partial charge is 0.318 e. The molecule has 0 unspecified atom stereocenters. The van der Waals surface area contributed by atoms with E-state index in [1.807, 2.05) is 0 Å². The van der Waals surface area contributed by atoms with Crippen LogP contribution in [0.3, 0.4) is 0 Å². The number of allylic oxidation sites excluding steroid dienone is 1. The van der Waals surface area contributed by atoms with E-state index >= 15 is 0 Å². The first-order valence-corrected chi connectivity index (χ1v) is 15.0. The molecular formula is C34H38N6O4. The molecule has 1 amide bonds. The Morgan fingerprint density at radius 2 is 1.93 bits per heavy atom. The molecule has 2 aliphatic heterocycles. The Morgan fingerprint density at radius 1 is 1.14 bits per heavy atom. The molecule has 1 N–H and O–H groups in total. The average molecular weight is 595 g/mol. The number of amides is 1. The first kappa shape index (κ1) is 30.7. The van der Waals surface area contributed by atoms with E-state index in [4.69, 9.17) is 24.6 Å². The van der Waals surface area contributed by atoms with Crippen LogP contribution in [0.15, 0.2) is 55.1 Å². The molecule has 2 atom stereocenters. The zero-order valence-corrected chi connectivity index (χ0v) is 25.1. The summed E-state index contributed by atoms with van der Waals surface area (Å²) < 4.78 is 6.27. The third-order valence-electron chi connectivity index (χ3n) is 8.73. The fourth-order valence-corrected chi connectivity index (χ4v) is 6.46. The summed E-state index contributed by atoms with van der Waals surface area (Å²) in [4.78, 5) is 37.1. The van der Waals surface area contributed by atoms with E-state index in [9.17, 15) is 10.1 Å². The summed E-state index contributed by atoms with van der Waals surface area (Å²) in [5, 5.41) is 18.9. The van der Waals surface area contributed by atoms with Gasteiger partial charge in [0.15, 0.2) is 0 Å². The standard InChI is InChI=1S/C33H36N6O2.CH2O2/c1-3-31(40)39-19-18-38(21-25(39)15-16-34)32-29-14-13-24(28-12-6-9-23-8-4-5-11-27(23)28)20-30(29)35-33(36-32)41-22-26-10-7-17-37(26)2;2-1-3/h3-6,8-9,11-12,20,25-26H,1,7,10,13-15,17-19,21-22H2,2H3;1H,(H,2,3)/t25-,26-;/m0./s1. The third kappa shape index (κ3) is 6.58. The van der Waals surface area contributed by atoms with Crippen LogP contribution in [0.2, 0.25) is 0 Å². The molecule has 1 aromatic heterocycles. The Bertz CT molecular complexity index is 1590. The second kappa shape index (κ2) is 14.1. The lowest BCUT2D eigenvalue weighted by molar-refractivity contribution is -0.128. The van der Waals surface area contributed by atoms with Crippen molar-refractivity contribution in [2.75, 3.05) is 44.7 Å². The van der Waals surface area contributed by atoms with Gasteiger partial charge in [-0.05, 0) is 73.3 Å². The van der Waals surface area contributed by atoms with Gasteiger partial charge in [0.1, 0.15) is 12.4 Å². The number of hydrogen-bond acceptors (Lipinski definition) is 8. The molecule has 10 nitrogen and oxygen atoms in total. The molecule has 2 saturated heterocycles. The second-order valence-electron chi connectivity index (χ2n) is 11.3. The number of benzene rings is 2. The summed E-state index contributed by atoms with van der Waals surface area (Å²) in [7, 11) is 2.14. The molecule has 0 saturated carbocycles. The van der Waals surface area contributed by atoms with E-state index in [1.165, 1.54) is 34.4 Å². The van der Waals surface area contributed by atoms with Crippen molar-refractivity contribution in [3.8, 4) is 12.1 Å². The molecule has 0 bridgehead atoms. The zero-order valence-electron chi connectivity index (χ0n) is 25.1. The molecule has 44 heavy (non-hydrogen) atoms. The van der Waals surface area contributed by atoms with E-state index in [1.54, 1.807) is 4.90 Å². The first-order chi connectivity index (χ1) is 21.5. The molecular weight excluding hydrogens is 556 g/mol. The average Bonchev–Trinajstić information content (AvgIpc) is 3.47. The summed E-state index contributed by atoms with van der Waals surface area (Å²) in [6.45, 7) is 6.69. The van der Waals surface area contributed by atoms with E-state index in [0.29, 0.717) is 38.3 Å². The summed E-state index contributed by atoms with van der Waals surface area (Å²) in [6.07, 6.45) is 7.75. The largest absolute Gasteiger partial charge is 0.483 e. The highest BCUT2D eigenvalue weighted by atomic mass is 16.5. The molecule has 0 spiro atoms. The molecule has 2 aromatic carbocycles. The Balaban J connectivity index is 0.00000123. The number of likely N-dealkylation sites (N-methyl/N-ethyl adjacent to an activating group) is 1. The lowest BCUT2D eigenvalue weighted by Gasteiger charge is -2.41. The number of anilines is 1. The number of rotatable bonds is 7. The number of hydrogen-bond donors (Lipinski definition) is 1. The van der Waals surface area contributed by atoms with Crippen LogP contribution in [-0.2, 0) is 16.0 Å². The van der Waals surface area contributed by atoms with Crippen molar-refractivity contribution >= 4 is 40.6 Å². The molecule has 0 radical (unpaired) electrons. The van der Waals surface area contributed by atoms with Crippen molar-refractivity contribution in [3.05, 3.63) is 71.9 Å². The normalized spacial score (nSPS) is 19.7. The molecule has 2 fully saturated rings. The van der Waals surface area contributed by atoms with Crippen LogP contribution in [0.1, 0.15) is 42.5 Å². The molecule has 10 heteroatoms. The molecule has 3 aliphatic rings. The molecule has 3 heterocycles. The van der Waals surface area contributed by atoms with Crippen molar-refractivity contribution in [2.45, 2.75) is 44.2 Å². The Morgan fingerprint density at radius 3 is 2.68 bits per heavy atom. The van der Waals surface area contributed by atoms with Gasteiger partial charge in [-0.1, -0.05) is 49.0 Å². The predicted octanol–water partition coefficient (Wildman–Crippen LogP) is 4.41. The fraction of sp³-hybridized carbons (Fsp3) is 0.382. The van der Waals surface area contributed by atoms with Crippen LogP contribution in [0, 0.1) is 11.3 Å². The van der Waals surface area contributed by atoms with Gasteiger partial charge >= 0.3 is 6.01 Å². The maximum absolute atomic E-state index is 12.5. The Labute approximate surface area is 257 Å². The number of likely N-dealkylation sites (tertiary alicyclic amines) is 1. The summed E-state index contributed by atoms with van der Waals surface area (Å²) in [6, 6.07) is 17.7. The quantitative estimate of drug-likeness (QED) is 0.313. The van der Waals surface area contributed by atoms with Crippen molar-refractivity contribution in [3.63, 3.8) is 0 Å². The van der Waals surface area contributed by atoms with Crippen LogP contribution in [0.25, 0.3) is 22.4 Å². The Kier molecular flexibility index (Phi) is 9.87. The lowest BCUT2D eigenvalue weighted by Crippen LogP contribution is -2.55. The van der Waals surface area contributed by atoms with Gasteiger partial charge in [-0.25, -0.2) is 0 Å². The SMILES string of the molecule is C=CC(=O)N1CCN(c2nc(OC[C@@H]3CCCN3C)nc3c2CCC(c2cccc4ccccc24)=C3)C[C@@H]1CC#N.O=CO. The monoisotopic (exact) mass is 594 g/mol. The number of piperazine rings is 1. The topological polar surface area (TPSA) is 123 Å². The van der Waals surface area contributed by atoms with Gasteiger partial charge < -0.3 is 24.5 Å². The maximum atomic E-state index is 12.5. The highest BCUT2D eigenvalue weighted by Gasteiger charge is 2.33. The van der Waals surface area contributed by atoms with Gasteiger partial charge in [0.2, 0.25) is 5.91 Å². The van der Waals surface area contributed by atoms with Crippen LogP contribution in [-0.4, -0.2) is 89.2 Å². The highest BCUT2D eigenvalue weighted by Crippen LogP contribution is 2.38. The van der Waals surface area contributed by atoms with Gasteiger partial charge in [0.05, 0.1) is 24.2 Å². The number of ether oxygens (including phenoxy) is 1. The van der Waals surface area contributed by atoms with E-state index in [0.717, 1.165) is 42.9 Å². The minimum absolute atomic E-state index is 0.137. The number of nitriles is 1. The van der Waals surface area contributed by atoms with E-state index < -0.39 is 0 Å². The van der Waals surface area contributed by atoms with Gasteiger partial charge in [0, 0.05) is 31.2 Å². The van der Waals surface area contributed by atoms with E-state index in [2.05, 4.69) is 78.0 Å². The molecule has 3 aromatic rings. The number of carbonyl (C=O) groups is 2. The van der Waals surface area contributed by atoms with Crippen molar-refractivity contribution in [1.82, 2.24) is 19.8 Å². The number of carboxylic acid groups (broad SMARTS) is 1. The fourth-order valence-electron chi connectivity index (χ4n) is 6.46. The lowest BCUT2D eigenvalue weighted by atomic mass is 9.88. The number of carbonyl (C=O) groups excluding carboxylic acids is 1. The molecule has 6 rings (SSSR count). The maximum Gasteiger partial charge on any atom is 0.318 e. The minimum atomic E-state index is -0.250. The molecule has 228 valence electrons. The zero-order chi connectivity index (χ0) is 31.1. The van der Waals surface area contributed by atoms with Crippen molar-refractivity contribution in [2.24, 2.45) is 0 Å². The number of nitrogens with zero attached hydrogens (tertiary/aromatic N) is 6. The van der Waals surface area contributed by atoms with Crippen LogP contribution in [0.4, 0.5) is 5.82 Å². The summed E-state index contributed by atoms with van der Waals surface area (Å²) in [5.74, 6) is 0.716. The van der Waals surface area contributed by atoms with Crippen molar-refractivity contribution < 1.29 is 19.4 Å². The third-order valence-corrected chi connectivity index (χ3v) is 8.73. The number of fused-ring (bicyclic) bond motifs is 2. The van der Waals surface area contributed by atoms with Gasteiger partial charge in [-0.15, -0.1) is 0 Å². The van der Waals surface area contributed by atoms with Gasteiger partial charge in [0.25, 0.3) is 6.47 Å². The highest BCUT2D eigenvalue weighted by molar-refractivity contribution is 5.98. The van der Waals surface area contributed by atoms with Crippen LogP contribution in [0.5, 0.6) is 6.01 Å². The van der Waals surface area contributed by atoms with Gasteiger partial charge in [-0.3, -0.25) is 9.59 Å².